The Hall–Kier alpha value is -1.62. The minimum atomic E-state index is -2.85. The van der Waals surface area contributed by atoms with Crippen molar-refractivity contribution in [3.8, 4) is 11.5 Å². The third-order valence-corrected chi connectivity index (χ3v) is 3.58. The highest BCUT2D eigenvalue weighted by molar-refractivity contribution is 5.42. The minimum Gasteiger partial charge on any atom is -0.493 e. The summed E-state index contributed by atoms with van der Waals surface area (Å²) in [4.78, 5) is 0. The fourth-order valence-electron chi connectivity index (χ4n) is 2.48. The first-order valence-electron chi connectivity index (χ1n) is 7.16. The van der Waals surface area contributed by atoms with Crippen LogP contribution in [-0.2, 0) is 6.54 Å². The van der Waals surface area contributed by atoms with Crippen LogP contribution in [0.5, 0.6) is 11.5 Å². The molecule has 0 aromatic heterocycles. The van der Waals surface area contributed by atoms with Gasteiger partial charge in [-0.25, -0.2) is 0 Å². The summed E-state index contributed by atoms with van der Waals surface area (Å²) < 4.78 is 34.2. The van der Waals surface area contributed by atoms with Gasteiger partial charge >= 0.3 is 6.61 Å². The molecule has 21 heavy (non-hydrogen) atoms. The molecule has 0 amide bonds. The van der Waals surface area contributed by atoms with Crippen LogP contribution in [0.25, 0.3) is 0 Å². The number of methoxy groups -OCH3 is 1. The Morgan fingerprint density at radius 2 is 2.14 bits per heavy atom. The molecule has 3 nitrogen and oxygen atoms in total. The second kappa shape index (κ2) is 7.98. The molecule has 0 aliphatic heterocycles. The summed E-state index contributed by atoms with van der Waals surface area (Å²) in [5.74, 6) is 1.05. The van der Waals surface area contributed by atoms with Crippen LogP contribution >= 0.6 is 0 Å². The Balaban J connectivity index is 1.88. The van der Waals surface area contributed by atoms with Gasteiger partial charge in [0.05, 0.1) is 7.11 Å². The summed E-state index contributed by atoms with van der Waals surface area (Å²) in [6.07, 6.45) is 7.88. The number of hydrogen-bond donors (Lipinski definition) is 1. The van der Waals surface area contributed by atoms with Crippen molar-refractivity contribution in [2.75, 3.05) is 13.7 Å². The number of alkyl halides is 2. The van der Waals surface area contributed by atoms with Crippen LogP contribution in [0.3, 0.4) is 0 Å². The second-order valence-electron chi connectivity index (χ2n) is 5.15. The molecule has 1 aromatic rings. The van der Waals surface area contributed by atoms with E-state index in [2.05, 4.69) is 22.2 Å². The summed E-state index contributed by atoms with van der Waals surface area (Å²) in [6, 6.07) is 5.10. The molecule has 0 saturated heterocycles. The first-order valence-corrected chi connectivity index (χ1v) is 7.16. The van der Waals surface area contributed by atoms with Crippen molar-refractivity contribution < 1.29 is 18.3 Å². The van der Waals surface area contributed by atoms with E-state index in [1.165, 1.54) is 13.5 Å². The maximum Gasteiger partial charge on any atom is 0.387 e. The fourth-order valence-corrected chi connectivity index (χ4v) is 2.48. The van der Waals surface area contributed by atoms with E-state index in [-0.39, 0.29) is 5.75 Å². The molecule has 1 atom stereocenters. The minimum absolute atomic E-state index is 0.0763. The van der Waals surface area contributed by atoms with E-state index in [1.54, 1.807) is 12.1 Å². The van der Waals surface area contributed by atoms with Crippen LogP contribution in [0.2, 0.25) is 0 Å². The number of ether oxygens (including phenoxy) is 2. The number of benzene rings is 1. The summed E-state index contributed by atoms with van der Waals surface area (Å²) in [7, 11) is 1.43. The van der Waals surface area contributed by atoms with Gasteiger partial charge in [0.25, 0.3) is 0 Å². The van der Waals surface area contributed by atoms with Gasteiger partial charge in [-0.2, -0.15) is 8.78 Å². The number of allylic oxidation sites excluding steroid dienone is 2. The molecule has 2 rings (SSSR count). The average molecular weight is 297 g/mol. The van der Waals surface area contributed by atoms with Crippen molar-refractivity contribution in [3.63, 3.8) is 0 Å². The van der Waals surface area contributed by atoms with Gasteiger partial charge < -0.3 is 14.8 Å². The van der Waals surface area contributed by atoms with E-state index in [0.29, 0.717) is 18.2 Å². The lowest BCUT2D eigenvalue weighted by atomic mass is 9.94. The molecular weight excluding hydrogens is 276 g/mol. The van der Waals surface area contributed by atoms with Gasteiger partial charge in [0.1, 0.15) is 0 Å². The van der Waals surface area contributed by atoms with Crippen molar-refractivity contribution in [3.05, 3.63) is 35.9 Å². The van der Waals surface area contributed by atoms with E-state index in [1.807, 2.05) is 6.07 Å². The highest BCUT2D eigenvalue weighted by Gasteiger charge is 2.12. The molecular formula is C16H21F2NO2. The zero-order valence-corrected chi connectivity index (χ0v) is 12.1. The monoisotopic (exact) mass is 297 g/mol. The number of hydrogen-bond acceptors (Lipinski definition) is 3. The van der Waals surface area contributed by atoms with E-state index < -0.39 is 6.61 Å². The van der Waals surface area contributed by atoms with Gasteiger partial charge in [-0.15, -0.1) is 0 Å². The van der Waals surface area contributed by atoms with Crippen LogP contribution in [0.1, 0.15) is 24.8 Å². The van der Waals surface area contributed by atoms with E-state index in [4.69, 9.17) is 4.74 Å². The van der Waals surface area contributed by atoms with Crippen LogP contribution in [0, 0.1) is 5.92 Å². The molecule has 0 spiro atoms. The summed E-state index contributed by atoms with van der Waals surface area (Å²) in [6.45, 7) is -1.29. The van der Waals surface area contributed by atoms with Gasteiger partial charge in [-0.05, 0) is 49.4 Å². The third kappa shape index (κ3) is 5.01. The highest BCUT2D eigenvalue weighted by Crippen LogP contribution is 2.29. The number of rotatable bonds is 7. The van der Waals surface area contributed by atoms with E-state index in [0.717, 1.165) is 24.9 Å². The van der Waals surface area contributed by atoms with Crippen LogP contribution in [-0.4, -0.2) is 20.3 Å². The molecule has 0 heterocycles. The zero-order valence-electron chi connectivity index (χ0n) is 12.1. The van der Waals surface area contributed by atoms with Crippen LogP contribution in [0.15, 0.2) is 30.4 Å². The fraction of sp³-hybridized carbons (Fsp3) is 0.500. The molecule has 116 valence electrons. The SMILES string of the molecule is COc1ccc(CNCC2CC=CCC2)cc1OC(F)F. The predicted octanol–water partition coefficient (Wildman–Crippen LogP) is 3.74. The van der Waals surface area contributed by atoms with Gasteiger partial charge in [0.15, 0.2) is 11.5 Å². The largest absolute Gasteiger partial charge is 0.493 e. The lowest BCUT2D eigenvalue weighted by molar-refractivity contribution is -0.0512. The van der Waals surface area contributed by atoms with Gasteiger partial charge in [0.2, 0.25) is 0 Å². The van der Waals surface area contributed by atoms with Crippen LogP contribution < -0.4 is 14.8 Å². The Morgan fingerprint density at radius 3 is 2.81 bits per heavy atom. The Labute approximate surface area is 123 Å². The maximum absolute atomic E-state index is 12.4. The zero-order chi connectivity index (χ0) is 15.1. The Kier molecular flexibility index (Phi) is 5.99. The van der Waals surface area contributed by atoms with Crippen LogP contribution in [0.4, 0.5) is 8.78 Å². The van der Waals surface area contributed by atoms with Gasteiger partial charge in [0, 0.05) is 6.54 Å². The number of halogens is 2. The van der Waals surface area contributed by atoms with Crippen molar-refractivity contribution in [1.82, 2.24) is 5.32 Å². The molecule has 1 aliphatic carbocycles. The molecule has 1 unspecified atom stereocenters. The molecule has 0 saturated carbocycles. The normalized spacial score (nSPS) is 18.0. The van der Waals surface area contributed by atoms with Gasteiger partial charge in [-0.1, -0.05) is 18.2 Å². The second-order valence-corrected chi connectivity index (χ2v) is 5.15. The molecule has 0 fully saturated rings. The Bertz CT molecular complexity index is 477. The first kappa shape index (κ1) is 15.8. The van der Waals surface area contributed by atoms with Crippen molar-refractivity contribution >= 4 is 0 Å². The molecule has 1 N–H and O–H groups in total. The molecule has 1 aliphatic rings. The average Bonchev–Trinajstić information content (AvgIpc) is 2.48. The topological polar surface area (TPSA) is 30.5 Å². The van der Waals surface area contributed by atoms with Gasteiger partial charge in [-0.3, -0.25) is 0 Å². The van der Waals surface area contributed by atoms with Crippen molar-refractivity contribution in [2.45, 2.75) is 32.4 Å². The number of nitrogens with one attached hydrogen (secondary N) is 1. The van der Waals surface area contributed by atoms with Crippen molar-refractivity contribution in [2.24, 2.45) is 5.92 Å². The predicted molar refractivity (Wildman–Crippen MR) is 77.8 cm³/mol. The lowest BCUT2D eigenvalue weighted by Crippen LogP contribution is -2.23. The molecule has 1 aromatic carbocycles. The molecule has 0 radical (unpaired) electrons. The van der Waals surface area contributed by atoms with E-state index >= 15 is 0 Å². The lowest BCUT2D eigenvalue weighted by Gasteiger charge is -2.18. The maximum atomic E-state index is 12.4. The smallest absolute Gasteiger partial charge is 0.387 e. The highest BCUT2D eigenvalue weighted by atomic mass is 19.3. The Morgan fingerprint density at radius 1 is 1.29 bits per heavy atom. The summed E-state index contributed by atoms with van der Waals surface area (Å²) in [5, 5.41) is 3.37. The first-order chi connectivity index (χ1) is 10.2. The molecule has 5 heteroatoms. The summed E-state index contributed by atoms with van der Waals surface area (Å²) >= 11 is 0. The standard InChI is InChI=1S/C16H21F2NO2/c1-20-14-8-7-13(9-15(14)21-16(17)18)11-19-10-12-5-3-2-4-6-12/h2-3,7-9,12,16,19H,4-6,10-11H2,1H3. The third-order valence-electron chi connectivity index (χ3n) is 3.58. The quantitative estimate of drug-likeness (QED) is 0.778. The van der Waals surface area contributed by atoms with Crippen molar-refractivity contribution in [1.29, 1.82) is 0 Å². The van der Waals surface area contributed by atoms with E-state index in [9.17, 15) is 8.78 Å². The summed E-state index contributed by atoms with van der Waals surface area (Å²) in [5.41, 5.74) is 0.901. The molecule has 0 bridgehead atoms.